The third kappa shape index (κ3) is 4.32. The molecular formula is C25H18N2O2S3. The maximum Gasteiger partial charge on any atom is 0.265 e. The van der Waals surface area contributed by atoms with Gasteiger partial charge in [-0.3, -0.25) is 14.5 Å². The van der Waals surface area contributed by atoms with E-state index in [1.807, 2.05) is 89.1 Å². The summed E-state index contributed by atoms with van der Waals surface area (Å²) in [4.78, 5) is 31.1. The molecule has 0 atom stereocenters. The maximum absolute atomic E-state index is 13.3. The minimum absolute atomic E-state index is 0.0327. The van der Waals surface area contributed by atoms with Crippen molar-refractivity contribution in [3.8, 4) is 0 Å². The van der Waals surface area contributed by atoms with Crippen LogP contribution in [0.5, 0.6) is 0 Å². The second kappa shape index (κ2) is 9.24. The standard InChI is InChI=1S/C25H18N2O2S3/c28-24(27-19-6-1-3-8-21(19)32-22-9-4-2-7-20(22)27)16-31-18-13-11-17(12-14-18)26-25(29)23-10-5-15-30-23/h1-15H,16H2,(H,26,29). The molecule has 0 aliphatic carbocycles. The number of anilines is 3. The quantitative estimate of drug-likeness (QED) is 0.319. The molecule has 1 aliphatic rings. The van der Waals surface area contributed by atoms with Gasteiger partial charge in [-0.2, -0.15) is 0 Å². The summed E-state index contributed by atoms with van der Waals surface area (Å²) in [6, 6.07) is 27.2. The Labute approximate surface area is 198 Å². The molecule has 5 rings (SSSR count). The fourth-order valence-electron chi connectivity index (χ4n) is 3.42. The minimum atomic E-state index is -0.115. The van der Waals surface area contributed by atoms with Gasteiger partial charge in [0.2, 0.25) is 5.91 Å². The number of hydrogen-bond donors (Lipinski definition) is 1. The first-order chi connectivity index (χ1) is 15.7. The van der Waals surface area contributed by atoms with E-state index in [1.54, 1.807) is 17.8 Å². The first-order valence-corrected chi connectivity index (χ1v) is 12.6. The van der Waals surface area contributed by atoms with Crippen LogP contribution >= 0.6 is 34.9 Å². The van der Waals surface area contributed by atoms with E-state index in [9.17, 15) is 9.59 Å². The van der Waals surface area contributed by atoms with Crippen molar-refractivity contribution in [1.29, 1.82) is 0 Å². The van der Waals surface area contributed by atoms with Gasteiger partial charge in [-0.15, -0.1) is 23.1 Å². The fourth-order valence-corrected chi connectivity index (χ4v) is 5.84. The summed E-state index contributed by atoms with van der Waals surface area (Å²) >= 11 is 4.59. The van der Waals surface area contributed by atoms with Gasteiger partial charge < -0.3 is 5.32 Å². The van der Waals surface area contributed by atoms with Crippen molar-refractivity contribution < 1.29 is 9.59 Å². The summed E-state index contributed by atoms with van der Waals surface area (Å²) in [5.41, 5.74) is 2.58. The van der Waals surface area contributed by atoms with Crippen molar-refractivity contribution in [2.75, 3.05) is 16.0 Å². The molecule has 0 radical (unpaired) electrons. The van der Waals surface area contributed by atoms with Crippen LogP contribution in [0.3, 0.4) is 0 Å². The number of carbonyl (C=O) groups excluding carboxylic acids is 2. The number of para-hydroxylation sites is 2. The zero-order chi connectivity index (χ0) is 21.9. The molecule has 0 saturated heterocycles. The third-order valence-corrected chi connectivity index (χ3v) is 7.90. The molecule has 1 N–H and O–H groups in total. The fraction of sp³-hybridized carbons (Fsp3) is 0.0400. The van der Waals surface area contributed by atoms with Gasteiger partial charge in [0, 0.05) is 20.4 Å². The summed E-state index contributed by atoms with van der Waals surface area (Å²) in [5, 5.41) is 4.77. The van der Waals surface area contributed by atoms with Gasteiger partial charge in [0.15, 0.2) is 0 Å². The van der Waals surface area contributed by atoms with Crippen molar-refractivity contribution >= 4 is 63.7 Å². The van der Waals surface area contributed by atoms with Crippen LogP contribution in [-0.4, -0.2) is 17.6 Å². The average Bonchev–Trinajstić information content (AvgIpc) is 3.37. The Kier molecular flexibility index (Phi) is 6.03. The van der Waals surface area contributed by atoms with Gasteiger partial charge >= 0.3 is 0 Å². The molecule has 0 bridgehead atoms. The molecule has 7 heteroatoms. The van der Waals surface area contributed by atoms with Gasteiger partial charge in [0.05, 0.1) is 22.0 Å². The molecule has 1 aromatic heterocycles. The van der Waals surface area contributed by atoms with Crippen molar-refractivity contribution in [2.45, 2.75) is 14.7 Å². The topological polar surface area (TPSA) is 49.4 Å². The van der Waals surface area contributed by atoms with Crippen LogP contribution in [-0.2, 0) is 4.79 Å². The number of carbonyl (C=O) groups is 2. The van der Waals surface area contributed by atoms with E-state index in [-0.39, 0.29) is 11.8 Å². The van der Waals surface area contributed by atoms with E-state index >= 15 is 0 Å². The third-order valence-electron chi connectivity index (χ3n) is 4.90. The Morgan fingerprint density at radius 2 is 1.47 bits per heavy atom. The molecule has 0 saturated carbocycles. The molecule has 0 spiro atoms. The van der Waals surface area contributed by atoms with Crippen LogP contribution in [0.15, 0.2) is 105 Å². The molecule has 4 nitrogen and oxygen atoms in total. The molecule has 0 fully saturated rings. The number of fused-ring (bicyclic) bond motifs is 2. The number of nitrogens with zero attached hydrogens (tertiary/aromatic N) is 1. The van der Waals surface area contributed by atoms with Crippen molar-refractivity contribution in [3.63, 3.8) is 0 Å². The smallest absolute Gasteiger partial charge is 0.265 e. The summed E-state index contributed by atoms with van der Waals surface area (Å²) in [5.74, 6) is 0.231. The van der Waals surface area contributed by atoms with E-state index in [0.717, 1.165) is 31.7 Å². The molecular weight excluding hydrogens is 456 g/mol. The Morgan fingerprint density at radius 3 is 2.09 bits per heavy atom. The van der Waals surface area contributed by atoms with Gasteiger partial charge in [0.1, 0.15) is 0 Å². The number of thioether (sulfide) groups is 1. The van der Waals surface area contributed by atoms with Crippen LogP contribution in [0.25, 0.3) is 0 Å². The van der Waals surface area contributed by atoms with Crippen molar-refractivity contribution in [1.82, 2.24) is 0 Å². The lowest BCUT2D eigenvalue weighted by atomic mass is 10.2. The van der Waals surface area contributed by atoms with Crippen molar-refractivity contribution in [3.05, 3.63) is 95.2 Å². The predicted octanol–water partition coefficient (Wildman–Crippen LogP) is 6.92. The number of thiophene rings is 1. The lowest BCUT2D eigenvalue weighted by Crippen LogP contribution is -2.29. The molecule has 3 aromatic carbocycles. The minimum Gasteiger partial charge on any atom is -0.321 e. The van der Waals surface area contributed by atoms with E-state index in [0.29, 0.717) is 10.6 Å². The van der Waals surface area contributed by atoms with E-state index < -0.39 is 0 Å². The molecule has 0 unspecified atom stereocenters. The van der Waals surface area contributed by atoms with Crippen LogP contribution in [0.4, 0.5) is 17.1 Å². The second-order valence-electron chi connectivity index (χ2n) is 7.01. The van der Waals surface area contributed by atoms with E-state index in [1.165, 1.54) is 23.1 Å². The number of nitrogens with one attached hydrogen (secondary N) is 1. The molecule has 1 aliphatic heterocycles. The maximum atomic E-state index is 13.3. The van der Waals surface area contributed by atoms with Gasteiger partial charge in [-0.1, -0.05) is 42.1 Å². The highest BCUT2D eigenvalue weighted by molar-refractivity contribution is 8.00. The Balaban J connectivity index is 1.28. The first kappa shape index (κ1) is 20.9. The predicted molar refractivity (Wildman–Crippen MR) is 134 cm³/mol. The summed E-state index contributed by atoms with van der Waals surface area (Å²) in [6.07, 6.45) is 0. The highest BCUT2D eigenvalue weighted by Crippen LogP contribution is 2.48. The van der Waals surface area contributed by atoms with Crippen LogP contribution < -0.4 is 10.2 Å². The van der Waals surface area contributed by atoms with Crippen LogP contribution in [0.1, 0.15) is 9.67 Å². The van der Waals surface area contributed by atoms with Gasteiger partial charge in [0.25, 0.3) is 5.91 Å². The summed E-state index contributed by atoms with van der Waals surface area (Å²) in [7, 11) is 0. The van der Waals surface area contributed by atoms with Crippen molar-refractivity contribution in [2.24, 2.45) is 0 Å². The number of benzene rings is 3. The van der Waals surface area contributed by atoms with E-state index in [2.05, 4.69) is 5.32 Å². The van der Waals surface area contributed by atoms with Gasteiger partial charge in [-0.25, -0.2) is 0 Å². The lowest BCUT2D eigenvalue weighted by Gasteiger charge is -2.31. The molecule has 2 heterocycles. The largest absolute Gasteiger partial charge is 0.321 e. The van der Waals surface area contributed by atoms with Crippen LogP contribution in [0.2, 0.25) is 0 Å². The molecule has 4 aromatic rings. The lowest BCUT2D eigenvalue weighted by molar-refractivity contribution is -0.115. The summed E-state index contributed by atoms with van der Waals surface area (Å²) < 4.78 is 0. The monoisotopic (exact) mass is 474 g/mol. The Morgan fingerprint density at radius 1 is 0.812 bits per heavy atom. The molecule has 2 amide bonds. The highest BCUT2D eigenvalue weighted by Gasteiger charge is 2.27. The Bertz CT molecular complexity index is 1230. The molecule has 32 heavy (non-hydrogen) atoms. The Hall–Kier alpha value is -3.00. The SMILES string of the molecule is O=C(Nc1ccc(SCC(=O)N2c3ccccc3Sc3ccccc32)cc1)c1cccs1. The molecule has 158 valence electrons. The average molecular weight is 475 g/mol. The zero-order valence-corrected chi connectivity index (χ0v) is 19.3. The highest BCUT2D eigenvalue weighted by atomic mass is 32.2. The summed E-state index contributed by atoms with van der Waals surface area (Å²) in [6.45, 7) is 0. The zero-order valence-electron chi connectivity index (χ0n) is 16.9. The first-order valence-electron chi connectivity index (χ1n) is 9.95. The number of hydrogen-bond acceptors (Lipinski definition) is 5. The number of rotatable bonds is 5. The van der Waals surface area contributed by atoms with Crippen LogP contribution in [0, 0.1) is 0 Å². The second-order valence-corrected chi connectivity index (χ2v) is 10.1. The van der Waals surface area contributed by atoms with Gasteiger partial charge in [-0.05, 0) is 60.0 Å². The normalized spacial score (nSPS) is 12.1. The number of amides is 2. The van der Waals surface area contributed by atoms with E-state index in [4.69, 9.17) is 0 Å².